The molecule has 1 heterocycles. The maximum Gasteiger partial charge on any atom is 0.573 e. The Morgan fingerprint density at radius 2 is 2.00 bits per heavy atom. The Kier molecular flexibility index (Phi) is 7.24. The number of aliphatic imine (C=N–C) groups is 1. The number of hydrogen-bond donors (Lipinski definition) is 2. The van der Waals surface area contributed by atoms with Crippen molar-refractivity contribution in [1.29, 1.82) is 0 Å². The Hall–Kier alpha value is -2.77. The van der Waals surface area contributed by atoms with Crippen molar-refractivity contribution >= 4 is 22.4 Å². The number of aromatic nitrogens is 1. The van der Waals surface area contributed by atoms with Gasteiger partial charge in [0.25, 0.3) is 0 Å². The number of ketones is 1. The van der Waals surface area contributed by atoms with Gasteiger partial charge in [0.15, 0.2) is 5.78 Å². The summed E-state index contributed by atoms with van der Waals surface area (Å²) in [7, 11) is 0. The van der Waals surface area contributed by atoms with E-state index in [4.69, 9.17) is 4.99 Å². The van der Waals surface area contributed by atoms with Crippen LogP contribution in [0.4, 0.5) is 13.2 Å². The summed E-state index contributed by atoms with van der Waals surface area (Å²) in [6.07, 6.45) is -1.20. The van der Waals surface area contributed by atoms with E-state index in [9.17, 15) is 23.1 Å². The van der Waals surface area contributed by atoms with Gasteiger partial charge >= 0.3 is 6.36 Å². The molecule has 0 amide bonds. The number of ether oxygens (including phenoxy) is 1. The third kappa shape index (κ3) is 6.18. The lowest BCUT2D eigenvalue weighted by Gasteiger charge is -2.31. The molecule has 0 unspecified atom stereocenters. The maximum absolute atomic E-state index is 12.8. The number of fused-ring (bicyclic) bond motifs is 1. The molecule has 0 radical (unpaired) electrons. The average molecular weight is 465 g/mol. The number of alkyl halides is 3. The van der Waals surface area contributed by atoms with E-state index in [1.807, 2.05) is 27.7 Å². The molecule has 1 aromatic carbocycles. The number of hydrogen-bond acceptors (Lipinski definition) is 4. The summed E-state index contributed by atoms with van der Waals surface area (Å²) >= 11 is 0. The van der Waals surface area contributed by atoms with Gasteiger partial charge in [-0.25, -0.2) is 0 Å². The minimum atomic E-state index is -4.76. The van der Waals surface area contributed by atoms with Gasteiger partial charge in [-0.05, 0) is 55.4 Å². The zero-order chi connectivity index (χ0) is 24.4. The molecule has 0 atom stereocenters. The number of allylic oxidation sites excluding steroid dienone is 2. The van der Waals surface area contributed by atoms with Crippen LogP contribution >= 0.6 is 0 Å². The fourth-order valence-electron chi connectivity index (χ4n) is 4.40. The lowest BCUT2D eigenvalue weighted by atomic mass is 9.73. The number of aryl methyl sites for hydroxylation is 1. The van der Waals surface area contributed by atoms with Crippen LogP contribution in [0.1, 0.15) is 64.1 Å². The summed E-state index contributed by atoms with van der Waals surface area (Å²) in [5.74, 6) is -0.253. The Bertz CT molecular complexity index is 1090. The average Bonchev–Trinajstić information content (AvgIpc) is 2.98. The first kappa shape index (κ1) is 24.9. The van der Waals surface area contributed by atoms with E-state index in [2.05, 4.69) is 9.72 Å². The van der Waals surface area contributed by atoms with E-state index in [1.54, 1.807) is 6.07 Å². The molecular weight excluding hydrogens is 433 g/mol. The maximum atomic E-state index is 12.8. The lowest BCUT2D eigenvalue weighted by Crippen LogP contribution is -2.33. The van der Waals surface area contributed by atoms with Crippen LogP contribution in [0.15, 0.2) is 34.5 Å². The van der Waals surface area contributed by atoms with Gasteiger partial charge in [-0.3, -0.25) is 9.79 Å². The Labute approximate surface area is 191 Å². The lowest BCUT2D eigenvalue weighted by molar-refractivity contribution is -0.274. The molecule has 5 nitrogen and oxygen atoms in total. The molecule has 180 valence electrons. The van der Waals surface area contributed by atoms with Gasteiger partial charge in [0.05, 0.1) is 5.57 Å². The Balaban J connectivity index is 1.88. The molecule has 1 aliphatic rings. The van der Waals surface area contributed by atoms with Crippen LogP contribution < -0.4 is 4.74 Å². The van der Waals surface area contributed by atoms with Crippen molar-refractivity contribution in [2.45, 2.75) is 72.6 Å². The minimum Gasteiger partial charge on any atom is -0.511 e. The van der Waals surface area contributed by atoms with Crippen molar-refractivity contribution in [3.8, 4) is 5.75 Å². The summed E-state index contributed by atoms with van der Waals surface area (Å²) in [5, 5.41) is 11.2. The van der Waals surface area contributed by atoms with Gasteiger partial charge in [0.2, 0.25) is 0 Å². The number of carbonyl (C=O) groups is 1. The summed E-state index contributed by atoms with van der Waals surface area (Å²) < 4.78 is 42.0. The molecule has 8 heteroatoms. The fourth-order valence-corrected chi connectivity index (χ4v) is 4.40. The van der Waals surface area contributed by atoms with Gasteiger partial charge in [0.1, 0.15) is 11.5 Å². The zero-order valence-corrected chi connectivity index (χ0v) is 19.5. The third-order valence-corrected chi connectivity index (χ3v) is 5.90. The highest BCUT2D eigenvalue weighted by atomic mass is 19.4. The fraction of sp³-hybridized carbons (Fsp3) is 0.520. The van der Waals surface area contributed by atoms with E-state index in [-0.39, 0.29) is 22.7 Å². The molecule has 0 spiro atoms. The number of Topliss-reactive ketones (excluding diaryl/α,β-unsaturated/α-hetero) is 1. The molecule has 2 N–H and O–H groups in total. The molecule has 0 saturated heterocycles. The Morgan fingerprint density at radius 1 is 1.27 bits per heavy atom. The molecule has 0 bridgehead atoms. The van der Waals surface area contributed by atoms with Crippen molar-refractivity contribution in [3.05, 3.63) is 40.8 Å². The predicted molar refractivity (Wildman–Crippen MR) is 123 cm³/mol. The normalized spacial score (nSPS) is 19.4. The number of H-pyrrole nitrogens is 1. The standard InChI is InChI=1S/C25H31F3N2O3/c1-5-6-7-21(31)23-20(13-24(3,4)14-22(23)32)29-11-10-17-15(2)30-19-9-8-16(12-18(17)19)33-25(26,27)28/h8-9,12,30-31H,5-7,10-11,13-14H2,1-4H3. The third-order valence-electron chi connectivity index (χ3n) is 5.90. The first-order valence-corrected chi connectivity index (χ1v) is 11.3. The molecule has 1 aromatic heterocycles. The van der Waals surface area contributed by atoms with Gasteiger partial charge in [-0.2, -0.15) is 0 Å². The van der Waals surface area contributed by atoms with Crippen LogP contribution in [-0.4, -0.2) is 34.5 Å². The number of aliphatic hydroxyl groups is 1. The second kappa shape index (κ2) is 9.61. The second-order valence-electron chi connectivity index (χ2n) is 9.43. The number of aromatic amines is 1. The largest absolute Gasteiger partial charge is 0.573 e. The second-order valence-corrected chi connectivity index (χ2v) is 9.43. The molecule has 2 aromatic rings. The van der Waals surface area contributed by atoms with Crippen molar-refractivity contribution in [1.82, 2.24) is 4.98 Å². The highest BCUT2D eigenvalue weighted by Gasteiger charge is 2.36. The molecule has 0 aliphatic heterocycles. The van der Waals surface area contributed by atoms with E-state index in [1.165, 1.54) is 12.1 Å². The van der Waals surface area contributed by atoms with Crippen molar-refractivity contribution in [2.24, 2.45) is 10.4 Å². The summed E-state index contributed by atoms with van der Waals surface area (Å²) in [6.45, 7) is 8.25. The molecule has 1 saturated carbocycles. The van der Waals surface area contributed by atoms with Crippen LogP contribution in [0, 0.1) is 12.3 Å². The highest BCUT2D eigenvalue weighted by Crippen LogP contribution is 2.36. The van der Waals surface area contributed by atoms with Gasteiger partial charge in [-0.1, -0.05) is 27.2 Å². The number of unbranched alkanes of at least 4 members (excludes halogenated alkanes) is 1. The van der Waals surface area contributed by atoms with Gasteiger partial charge in [-0.15, -0.1) is 13.2 Å². The Morgan fingerprint density at radius 3 is 2.67 bits per heavy atom. The van der Waals surface area contributed by atoms with E-state index in [0.717, 1.165) is 29.6 Å². The topological polar surface area (TPSA) is 74.7 Å². The predicted octanol–water partition coefficient (Wildman–Crippen LogP) is 6.75. The van der Waals surface area contributed by atoms with Crippen LogP contribution in [0.2, 0.25) is 0 Å². The number of benzene rings is 1. The number of halogens is 3. The van der Waals surface area contributed by atoms with Crippen LogP contribution in [0.5, 0.6) is 5.75 Å². The quantitative estimate of drug-likeness (QED) is 0.352. The summed E-state index contributed by atoms with van der Waals surface area (Å²) in [5.41, 5.74) is 3.13. The molecule has 1 aliphatic carbocycles. The summed E-state index contributed by atoms with van der Waals surface area (Å²) in [6, 6.07) is 4.22. The number of aliphatic hydroxyl groups excluding tert-OH is 1. The van der Waals surface area contributed by atoms with Crippen LogP contribution in [-0.2, 0) is 11.2 Å². The molecular formula is C25H31F3N2O3. The monoisotopic (exact) mass is 464 g/mol. The number of nitrogens with one attached hydrogen (secondary N) is 1. The summed E-state index contributed by atoms with van der Waals surface area (Å²) in [4.78, 5) is 20.7. The van der Waals surface area contributed by atoms with Crippen molar-refractivity contribution in [2.75, 3.05) is 6.54 Å². The van der Waals surface area contributed by atoms with Crippen molar-refractivity contribution in [3.63, 3.8) is 0 Å². The van der Waals surface area contributed by atoms with Gasteiger partial charge in [0, 0.05) is 41.7 Å². The molecule has 3 rings (SSSR count). The minimum absolute atomic E-state index is 0.0872. The van der Waals surface area contributed by atoms with E-state index < -0.39 is 6.36 Å². The number of rotatable bonds is 7. The first-order valence-electron chi connectivity index (χ1n) is 11.3. The van der Waals surface area contributed by atoms with Crippen molar-refractivity contribution < 1.29 is 27.8 Å². The SMILES string of the molecule is CCCCC(O)=C1C(=O)CC(C)(C)CC1=NCCc1c(C)[nH]c2ccc(OC(F)(F)F)cc12. The molecule has 33 heavy (non-hydrogen) atoms. The smallest absolute Gasteiger partial charge is 0.511 e. The van der Waals surface area contributed by atoms with Crippen LogP contribution in [0.3, 0.4) is 0 Å². The zero-order valence-electron chi connectivity index (χ0n) is 19.5. The van der Waals surface area contributed by atoms with Crippen LogP contribution in [0.25, 0.3) is 10.9 Å². The number of nitrogens with zero attached hydrogens (tertiary/aromatic N) is 1. The first-order chi connectivity index (χ1) is 15.4. The van der Waals surface area contributed by atoms with E-state index >= 15 is 0 Å². The van der Waals surface area contributed by atoms with E-state index in [0.29, 0.717) is 48.9 Å². The van der Waals surface area contributed by atoms with Gasteiger partial charge < -0.3 is 14.8 Å². The highest BCUT2D eigenvalue weighted by molar-refractivity contribution is 6.24. The molecule has 1 fully saturated rings. The number of carbonyl (C=O) groups excluding carboxylic acids is 1.